The van der Waals surface area contributed by atoms with Crippen molar-refractivity contribution in [2.24, 2.45) is 0 Å². The highest BCUT2D eigenvalue weighted by molar-refractivity contribution is 7.89. The molecule has 1 saturated heterocycles. The lowest BCUT2D eigenvalue weighted by molar-refractivity contribution is -0.134. The normalized spacial score (nSPS) is 17.4. The molecule has 0 aliphatic carbocycles. The lowest BCUT2D eigenvalue weighted by Crippen LogP contribution is -2.53. The van der Waals surface area contributed by atoms with E-state index in [0.29, 0.717) is 0 Å². The first-order valence-electron chi connectivity index (χ1n) is 5.09. The van der Waals surface area contributed by atoms with Gasteiger partial charge in [0.15, 0.2) is 0 Å². The van der Waals surface area contributed by atoms with Crippen LogP contribution in [0.3, 0.4) is 0 Å². The predicted octanol–water partition coefficient (Wildman–Crippen LogP) is 0.640. The molecule has 0 bridgehead atoms. The van der Waals surface area contributed by atoms with Gasteiger partial charge >= 0.3 is 0 Å². The number of sulfonamides is 1. The summed E-state index contributed by atoms with van der Waals surface area (Å²) >= 11 is 11.7. The number of nitrogens with zero attached hydrogens (tertiary/aromatic N) is 1. The topological polar surface area (TPSA) is 83.6 Å². The molecule has 0 unspecified atom stereocenters. The molecule has 1 aliphatic rings. The van der Waals surface area contributed by atoms with Gasteiger partial charge in [0.1, 0.15) is 4.90 Å². The maximum atomic E-state index is 12.3. The van der Waals surface area contributed by atoms with Gasteiger partial charge in [-0.25, -0.2) is 8.42 Å². The van der Waals surface area contributed by atoms with Gasteiger partial charge in [0, 0.05) is 0 Å². The molecule has 0 saturated carbocycles. The molecule has 6 nitrogen and oxygen atoms in total. The van der Waals surface area contributed by atoms with Gasteiger partial charge in [0.2, 0.25) is 21.8 Å². The fourth-order valence-corrected chi connectivity index (χ4v) is 4.08. The molecular formula is C10H8Cl2N2O4S. The van der Waals surface area contributed by atoms with E-state index in [1.54, 1.807) is 0 Å². The number of carbonyl (C=O) groups is 2. The second-order valence-electron chi connectivity index (χ2n) is 3.80. The van der Waals surface area contributed by atoms with Crippen LogP contribution in [0.1, 0.15) is 0 Å². The van der Waals surface area contributed by atoms with Crippen molar-refractivity contribution in [2.75, 3.05) is 13.1 Å². The number of imide groups is 1. The van der Waals surface area contributed by atoms with Gasteiger partial charge in [0.25, 0.3) is 0 Å². The van der Waals surface area contributed by atoms with E-state index >= 15 is 0 Å². The Morgan fingerprint density at radius 1 is 1.05 bits per heavy atom. The molecule has 102 valence electrons. The number of carbonyl (C=O) groups excluding carboxylic acids is 2. The number of amides is 2. The summed E-state index contributed by atoms with van der Waals surface area (Å²) in [7, 11) is -4.10. The second-order valence-corrected chi connectivity index (χ2v) is 6.48. The highest BCUT2D eigenvalue weighted by atomic mass is 35.5. The van der Waals surface area contributed by atoms with Gasteiger partial charge in [-0.2, -0.15) is 4.31 Å². The van der Waals surface area contributed by atoms with Crippen LogP contribution in [-0.2, 0) is 19.6 Å². The average molecular weight is 323 g/mol. The Balaban J connectivity index is 2.48. The molecule has 1 aliphatic heterocycles. The largest absolute Gasteiger partial charge is 0.294 e. The van der Waals surface area contributed by atoms with Crippen molar-refractivity contribution < 1.29 is 18.0 Å². The lowest BCUT2D eigenvalue weighted by atomic mass is 10.4. The summed E-state index contributed by atoms with van der Waals surface area (Å²) in [6, 6.07) is 4.23. The van der Waals surface area contributed by atoms with Crippen LogP contribution in [0, 0.1) is 0 Å². The molecule has 1 aromatic rings. The molecular weight excluding hydrogens is 315 g/mol. The standard InChI is InChI=1S/C10H8Cl2N2O4S/c11-6-2-1-3-7(12)10(6)19(17,18)14-4-8(15)13-9(16)5-14/h1-3H,4-5H2,(H,13,15,16). The molecule has 1 fully saturated rings. The molecule has 9 heteroatoms. The van der Waals surface area contributed by atoms with Gasteiger partial charge in [-0.05, 0) is 12.1 Å². The fraction of sp³-hybridized carbons (Fsp3) is 0.200. The third kappa shape index (κ3) is 2.74. The zero-order valence-corrected chi connectivity index (χ0v) is 11.7. The summed E-state index contributed by atoms with van der Waals surface area (Å²) in [6.45, 7) is -0.898. The van der Waals surface area contributed by atoms with Gasteiger partial charge in [0.05, 0.1) is 23.1 Å². The maximum Gasteiger partial charge on any atom is 0.246 e. The summed E-state index contributed by atoms with van der Waals surface area (Å²) in [5.41, 5.74) is 0. The Hall–Kier alpha value is -1.15. The minimum atomic E-state index is -4.10. The Morgan fingerprint density at radius 2 is 1.53 bits per heavy atom. The quantitative estimate of drug-likeness (QED) is 0.810. The van der Waals surface area contributed by atoms with Crippen LogP contribution in [0.5, 0.6) is 0 Å². The van der Waals surface area contributed by atoms with E-state index in [1.807, 2.05) is 5.32 Å². The van der Waals surface area contributed by atoms with Crippen LogP contribution in [0.4, 0.5) is 0 Å². The monoisotopic (exact) mass is 322 g/mol. The summed E-state index contributed by atoms with van der Waals surface area (Å²) in [4.78, 5) is 22.2. The molecule has 1 N–H and O–H groups in total. The smallest absolute Gasteiger partial charge is 0.246 e. The lowest BCUT2D eigenvalue weighted by Gasteiger charge is -2.25. The molecule has 0 aromatic heterocycles. The van der Waals surface area contributed by atoms with Crippen LogP contribution in [0.15, 0.2) is 23.1 Å². The summed E-state index contributed by atoms with van der Waals surface area (Å²) < 4.78 is 25.4. The predicted molar refractivity (Wildman–Crippen MR) is 68.4 cm³/mol. The molecule has 0 atom stereocenters. The van der Waals surface area contributed by atoms with E-state index < -0.39 is 34.9 Å². The van der Waals surface area contributed by atoms with Crippen LogP contribution in [-0.4, -0.2) is 37.6 Å². The molecule has 19 heavy (non-hydrogen) atoms. The first-order chi connectivity index (χ1) is 8.82. The molecule has 0 spiro atoms. The van der Waals surface area contributed by atoms with E-state index in [1.165, 1.54) is 18.2 Å². The third-order valence-electron chi connectivity index (χ3n) is 2.44. The number of rotatable bonds is 2. The van der Waals surface area contributed by atoms with Crippen molar-refractivity contribution in [1.82, 2.24) is 9.62 Å². The summed E-state index contributed by atoms with van der Waals surface area (Å²) in [5, 5.41) is 1.88. The Labute approximate surface area is 119 Å². The number of nitrogens with one attached hydrogen (secondary N) is 1. The highest BCUT2D eigenvalue weighted by Gasteiger charge is 2.35. The van der Waals surface area contributed by atoms with E-state index in [9.17, 15) is 18.0 Å². The third-order valence-corrected chi connectivity index (χ3v) is 5.18. The average Bonchev–Trinajstić information content (AvgIpc) is 2.26. The van der Waals surface area contributed by atoms with Gasteiger partial charge in [-0.15, -0.1) is 0 Å². The number of piperazine rings is 1. The Bertz CT molecular complexity index is 623. The van der Waals surface area contributed by atoms with Crippen LogP contribution in [0.2, 0.25) is 10.0 Å². The SMILES string of the molecule is O=C1CN(S(=O)(=O)c2c(Cl)cccc2Cl)CC(=O)N1. The van der Waals surface area contributed by atoms with Crippen molar-refractivity contribution in [1.29, 1.82) is 0 Å². The number of hydrogen-bond donors (Lipinski definition) is 1. The van der Waals surface area contributed by atoms with Crippen molar-refractivity contribution in [3.8, 4) is 0 Å². The van der Waals surface area contributed by atoms with Crippen molar-refractivity contribution in [3.05, 3.63) is 28.2 Å². The van der Waals surface area contributed by atoms with E-state index in [2.05, 4.69) is 0 Å². The number of hydrogen-bond acceptors (Lipinski definition) is 4. The zero-order valence-electron chi connectivity index (χ0n) is 9.39. The summed E-state index contributed by atoms with van der Waals surface area (Å²) in [5.74, 6) is -1.38. The van der Waals surface area contributed by atoms with Crippen molar-refractivity contribution in [3.63, 3.8) is 0 Å². The minimum absolute atomic E-state index is 0.0640. The molecule has 2 amide bonds. The zero-order chi connectivity index (χ0) is 14.2. The second kappa shape index (κ2) is 5.09. The van der Waals surface area contributed by atoms with Gasteiger partial charge in [-0.3, -0.25) is 14.9 Å². The Morgan fingerprint density at radius 3 is 2.00 bits per heavy atom. The maximum absolute atomic E-state index is 12.3. The first-order valence-corrected chi connectivity index (χ1v) is 7.29. The van der Waals surface area contributed by atoms with E-state index in [-0.39, 0.29) is 14.9 Å². The van der Waals surface area contributed by atoms with E-state index in [0.717, 1.165) is 4.31 Å². The van der Waals surface area contributed by atoms with Gasteiger partial charge in [-0.1, -0.05) is 29.3 Å². The van der Waals surface area contributed by atoms with E-state index in [4.69, 9.17) is 23.2 Å². The molecule has 2 rings (SSSR count). The van der Waals surface area contributed by atoms with Crippen LogP contribution < -0.4 is 5.32 Å². The molecule has 1 aromatic carbocycles. The fourth-order valence-electron chi connectivity index (χ4n) is 1.64. The van der Waals surface area contributed by atoms with Crippen LogP contribution in [0.25, 0.3) is 0 Å². The number of benzene rings is 1. The number of halogens is 2. The summed E-state index contributed by atoms with van der Waals surface area (Å²) in [6.07, 6.45) is 0. The molecule has 1 heterocycles. The Kier molecular flexibility index (Phi) is 3.82. The first kappa shape index (κ1) is 14.3. The van der Waals surface area contributed by atoms with Gasteiger partial charge < -0.3 is 0 Å². The molecule has 0 radical (unpaired) electrons. The van der Waals surface area contributed by atoms with Crippen molar-refractivity contribution >= 4 is 45.0 Å². The highest BCUT2D eigenvalue weighted by Crippen LogP contribution is 2.31. The van der Waals surface area contributed by atoms with Crippen molar-refractivity contribution in [2.45, 2.75) is 4.90 Å². The minimum Gasteiger partial charge on any atom is -0.294 e. The van der Waals surface area contributed by atoms with Crippen LogP contribution >= 0.6 is 23.2 Å².